The van der Waals surface area contributed by atoms with E-state index in [1.807, 2.05) is 12.1 Å². The van der Waals surface area contributed by atoms with Crippen LogP contribution < -0.4 is 10.2 Å². The van der Waals surface area contributed by atoms with E-state index in [4.69, 9.17) is 16.4 Å². The third kappa shape index (κ3) is 5.35. The molecule has 1 aromatic rings. The van der Waals surface area contributed by atoms with Gasteiger partial charge in [0, 0.05) is 0 Å². The lowest BCUT2D eigenvalue weighted by atomic mass is 10.2. The quantitative estimate of drug-likeness (QED) is 0.296. The summed E-state index contributed by atoms with van der Waals surface area (Å²) in [7, 11) is 0. The number of ether oxygens (including phenoxy) is 1. The molecule has 0 radical (unpaired) electrons. The number of hydrogen-bond donors (Lipinski definition) is 1. The summed E-state index contributed by atoms with van der Waals surface area (Å²) in [6.45, 7) is 0.212. The van der Waals surface area contributed by atoms with Gasteiger partial charge in [-0.1, -0.05) is 5.92 Å². The van der Waals surface area contributed by atoms with Gasteiger partial charge in [-0.05, 0) is 62.9 Å². The van der Waals surface area contributed by atoms with Crippen LogP contribution in [0.1, 0.15) is 12.0 Å². The van der Waals surface area contributed by atoms with Crippen molar-refractivity contribution >= 4 is 57.3 Å². The molecule has 0 saturated carbocycles. The molecule has 0 aliphatic rings. The first kappa shape index (κ1) is 16.7. The first-order chi connectivity index (χ1) is 9.58. The average Bonchev–Trinajstić information content (AvgIpc) is 2.38. The van der Waals surface area contributed by atoms with Crippen LogP contribution in [0.15, 0.2) is 17.2 Å². The number of terminal acetylenes is 1. The molecule has 0 saturated heterocycles. The van der Waals surface area contributed by atoms with Gasteiger partial charge >= 0.3 is 0 Å². The number of benzene rings is 1. The molecular weight excluding hydrogens is 484 g/mol. The van der Waals surface area contributed by atoms with Gasteiger partial charge in [0.05, 0.1) is 19.4 Å². The van der Waals surface area contributed by atoms with Crippen molar-refractivity contribution in [3.8, 4) is 24.2 Å². The highest BCUT2D eigenvalue weighted by atomic mass is 127. The number of halogens is 2. The lowest BCUT2D eigenvalue weighted by Gasteiger charge is -2.08. The molecule has 7 heteroatoms. The summed E-state index contributed by atoms with van der Waals surface area (Å²) in [6.07, 6.45) is 6.45. The van der Waals surface area contributed by atoms with E-state index >= 15 is 0 Å². The predicted molar refractivity (Wildman–Crippen MR) is 92.2 cm³/mol. The van der Waals surface area contributed by atoms with Crippen LogP contribution in [0.3, 0.4) is 0 Å². The van der Waals surface area contributed by atoms with Crippen LogP contribution in [0.2, 0.25) is 0 Å². The molecule has 0 aromatic heterocycles. The third-order valence-corrected chi connectivity index (χ3v) is 3.57. The molecule has 102 valence electrons. The van der Waals surface area contributed by atoms with Crippen molar-refractivity contribution in [3.05, 3.63) is 24.8 Å². The topological polar surface area (TPSA) is 74.5 Å². The molecule has 0 spiro atoms. The number of carbonyl (C=O) groups excluding carboxylic acids is 1. The SMILES string of the molecule is C#CCOc1c(I)cc(/C=N/NC(=O)CC#N)cc1I. The number of hydrogen-bond acceptors (Lipinski definition) is 4. The number of hydrazone groups is 1. The zero-order chi connectivity index (χ0) is 15.0. The van der Waals surface area contributed by atoms with Crippen molar-refractivity contribution in [2.45, 2.75) is 6.42 Å². The maximum atomic E-state index is 11.1. The van der Waals surface area contributed by atoms with Crippen molar-refractivity contribution in [1.82, 2.24) is 5.43 Å². The summed E-state index contributed by atoms with van der Waals surface area (Å²) in [5, 5.41) is 12.1. The van der Waals surface area contributed by atoms with E-state index in [0.717, 1.165) is 18.5 Å². The Morgan fingerprint density at radius 3 is 2.70 bits per heavy atom. The normalized spacial score (nSPS) is 9.80. The highest BCUT2D eigenvalue weighted by molar-refractivity contribution is 14.1. The van der Waals surface area contributed by atoms with Crippen molar-refractivity contribution in [3.63, 3.8) is 0 Å². The highest BCUT2D eigenvalue weighted by Crippen LogP contribution is 2.28. The molecule has 1 N–H and O–H groups in total. The van der Waals surface area contributed by atoms with Gasteiger partial charge in [-0.15, -0.1) is 6.42 Å². The van der Waals surface area contributed by atoms with Crippen LogP contribution in [-0.2, 0) is 4.79 Å². The summed E-state index contributed by atoms with van der Waals surface area (Å²) in [4.78, 5) is 11.1. The first-order valence-electron chi connectivity index (χ1n) is 5.32. The minimum Gasteiger partial charge on any atom is -0.479 e. The maximum absolute atomic E-state index is 11.1. The highest BCUT2D eigenvalue weighted by Gasteiger charge is 2.07. The second kappa shape index (κ2) is 8.76. The van der Waals surface area contributed by atoms with Gasteiger partial charge in [-0.2, -0.15) is 10.4 Å². The van der Waals surface area contributed by atoms with Crippen LogP contribution in [0, 0.1) is 30.8 Å². The molecule has 0 heterocycles. The van der Waals surface area contributed by atoms with Gasteiger partial charge in [0.25, 0.3) is 5.91 Å². The maximum Gasteiger partial charge on any atom is 0.254 e. The summed E-state index contributed by atoms with van der Waals surface area (Å²) < 4.78 is 7.24. The van der Waals surface area contributed by atoms with E-state index in [-0.39, 0.29) is 13.0 Å². The van der Waals surface area contributed by atoms with Crippen molar-refractivity contribution in [1.29, 1.82) is 5.26 Å². The number of amides is 1. The van der Waals surface area contributed by atoms with E-state index in [1.165, 1.54) is 6.21 Å². The minimum absolute atomic E-state index is 0.212. The largest absolute Gasteiger partial charge is 0.479 e. The molecule has 1 aromatic carbocycles. The summed E-state index contributed by atoms with van der Waals surface area (Å²) in [5.74, 6) is 2.70. The van der Waals surface area contributed by atoms with Gasteiger partial charge in [0.2, 0.25) is 0 Å². The van der Waals surface area contributed by atoms with Gasteiger partial charge in [0.15, 0.2) is 0 Å². The number of rotatable bonds is 5. The molecule has 20 heavy (non-hydrogen) atoms. The Morgan fingerprint density at radius 2 is 2.15 bits per heavy atom. The molecule has 0 fully saturated rings. The monoisotopic (exact) mass is 493 g/mol. The van der Waals surface area contributed by atoms with Crippen molar-refractivity contribution < 1.29 is 9.53 Å². The molecule has 0 aliphatic heterocycles. The third-order valence-electron chi connectivity index (χ3n) is 1.96. The Morgan fingerprint density at radius 1 is 1.50 bits per heavy atom. The number of nitriles is 1. The fourth-order valence-corrected chi connectivity index (χ4v) is 3.32. The molecule has 1 rings (SSSR count). The van der Waals surface area contributed by atoms with Crippen molar-refractivity contribution in [2.24, 2.45) is 5.10 Å². The van der Waals surface area contributed by atoms with Gasteiger partial charge in [0.1, 0.15) is 18.8 Å². The molecule has 0 bridgehead atoms. The Labute approximate surface area is 144 Å². The average molecular weight is 493 g/mol. The lowest BCUT2D eigenvalue weighted by Crippen LogP contribution is -2.16. The summed E-state index contributed by atoms with van der Waals surface area (Å²) >= 11 is 4.28. The molecule has 0 aliphatic carbocycles. The first-order valence-corrected chi connectivity index (χ1v) is 7.48. The number of nitrogens with zero attached hydrogens (tertiary/aromatic N) is 2. The number of nitrogens with one attached hydrogen (secondary N) is 1. The zero-order valence-electron chi connectivity index (χ0n) is 10.2. The van der Waals surface area contributed by atoms with Crippen LogP contribution in [0.5, 0.6) is 5.75 Å². The van der Waals surface area contributed by atoms with Crippen LogP contribution in [0.25, 0.3) is 0 Å². The Balaban J connectivity index is 2.79. The summed E-state index contributed by atoms with van der Waals surface area (Å²) in [5.41, 5.74) is 3.07. The van der Waals surface area contributed by atoms with E-state index in [2.05, 4.69) is 61.6 Å². The molecular formula is C13H9I2N3O2. The molecule has 0 atom stereocenters. The standard InChI is InChI=1S/C13H9I2N3O2/c1-2-5-20-13-10(14)6-9(7-11(13)15)8-17-18-12(19)3-4-16/h1,6-8H,3,5H2,(H,18,19)/b17-8+. The molecule has 5 nitrogen and oxygen atoms in total. The fourth-order valence-electron chi connectivity index (χ4n) is 1.20. The van der Waals surface area contributed by atoms with Crippen LogP contribution in [-0.4, -0.2) is 18.7 Å². The van der Waals surface area contributed by atoms with E-state index in [1.54, 1.807) is 6.07 Å². The second-order valence-corrected chi connectivity index (χ2v) is 5.76. The smallest absolute Gasteiger partial charge is 0.254 e. The van der Waals surface area contributed by atoms with E-state index in [0.29, 0.717) is 0 Å². The molecule has 0 unspecified atom stereocenters. The predicted octanol–water partition coefficient (Wildman–Crippen LogP) is 2.27. The molecule has 1 amide bonds. The van der Waals surface area contributed by atoms with Gasteiger partial charge in [-0.3, -0.25) is 4.79 Å². The second-order valence-electron chi connectivity index (χ2n) is 3.43. The summed E-state index contributed by atoms with van der Waals surface area (Å²) in [6, 6.07) is 5.45. The Bertz CT molecular complexity index is 592. The van der Waals surface area contributed by atoms with Crippen LogP contribution in [0.4, 0.5) is 0 Å². The van der Waals surface area contributed by atoms with E-state index < -0.39 is 5.91 Å². The van der Waals surface area contributed by atoms with Crippen LogP contribution >= 0.6 is 45.2 Å². The van der Waals surface area contributed by atoms with Gasteiger partial charge in [-0.25, -0.2) is 5.43 Å². The zero-order valence-corrected chi connectivity index (χ0v) is 14.5. The lowest BCUT2D eigenvalue weighted by molar-refractivity contribution is -0.120. The number of carbonyl (C=O) groups is 1. The fraction of sp³-hybridized carbons (Fsp3) is 0.154. The minimum atomic E-state index is -0.442. The van der Waals surface area contributed by atoms with Crippen molar-refractivity contribution in [2.75, 3.05) is 6.61 Å². The Hall–Kier alpha value is -1.33. The Kier molecular flexibility index (Phi) is 7.33. The van der Waals surface area contributed by atoms with Gasteiger partial charge < -0.3 is 4.74 Å². The van der Waals surface area contributed by atoms with E-state index in [9.17, 15) is 4.79 Å².